The van der Waals surface area contributed by atoms with Crippen LogP contribution in [0.1, 0.15) is 22.3 Å². The first-order valence-electron chi connectivity index (χ1n) is 19.7. The molecule has 0 radical (unpaired) electrons. The van der Waals surface area contributed by atoms with E-state index in [1.54, 1.807) is 0 Å². The molecule has 1 aliphatic heterocycles. The Balaban J connectivity index is 1.10. The molecule has 10 aromatic rings. The average Bonchev–Trinajstić information content (AvgIpc) is 3.59. The Morgan fingerprint density at radius 2 is 0.931 bits per heavy atom. The molecule has 270 valence electrons. The number of aromatic nitrogens is 3. The summed E-state index contributed by atoms with van der Waals surface area (Å²) >= 11 is 1.87. The molecular weight excluding hydrogens is 723 g/mol. The number of pyridine rings is 1. The largest absolute Gasteiger partial charge is 0.247 e. The molecule has 0 N–H and O–H groups in total. The third-order valence-corrected chi connectivity index (χ3v) is 13.1. The van der Waals surface area contributed by atoms with Gasteiger partial charge in [0.05, 0.1) is 28.0 Å². The van der Waals surface area contributed by atoms with Gasteiger partial charge in [0.2, 0.25) is 0 Å². The average molecular weight is 756 g/mol. The van der Waals surface area contributed by atoms with Crippen molar-refractivity contribution in [1.82, 2.24) is 15.0 Å². The predicted molar refractivity (Wildman–Crippen MR) is 238 cm³/mol. The second-order valence-corrected chi connectivity index (χ2v) is 16.2. The molecule has 3 heterocycles. The number of benzene rings is 8. The number of rotatable bonds is 4. The van der Waals surface area contributed by atoms with Gasteiger partial charge in [0.25, 0.3) is 0 Å². The van der Waals surface area contributed by atoms with Crippen LogP contribution in [0.25, 0.3) is 78.0 Å². The third kappa shape index (κ3) is 4.92. The summed E-state index contributed by atoms with van der Waals surface area (Å²) in [5, 5.41) is 3.48. The molecule has 1 spiro atoms. The second kappa shape index (κ2) is 13.0. The maximum Gasteiger partial charge on any atom is 0.160 e. The number of hydrogen-bond acceptors (Lipinski definition) is 4. The molecule has 0 amide bonds. The molecular formula is C54H33N3S. The van der Waals surface area contributed by atoms with E-state index in [1.165, 1.54) is 48.6 Å². The number of nitrogens with zero attached hydrogens (tertiary/aromatic N) is 3. The summed E-state index contributed by atoms with van der Waals surface area (Å²) in [4.78, 5) is 18.2. The van der Waals surface area contributed by atoms with Crippen LogP contribution in [0.5, 0.6) is 0 Å². The summed E-state index contributed by atoms with van der Waals surface area (Å²) in [5.41, 5.74) is 15.3. The molecule has 4 heteroatoms. The van der Waals surface area contributed by atoms with Crippen LogP contribution in [0, 0.1) is 0 Å². The Kier molecular flexibility index (Phi) is 7.38. The lowest BCUT2D eigenvalue weighted by molar-refractivity contribution is 0.724. The molecule has 0 unspecified atom stereocenters. The number of fused-ring (bicyclic) bond motifs is 12. The second-order valence-electron chi connectivity index (χ2n) is 15.1. The van der Waals surface area contributed by atoms with E-state index in [2.05, 4.69) is 176 Å². The zero-order valence-electron chi connectivity index (χ0n) is 31.3. The van der Waals surface area contributed by atoms with Gasteiger partial charge in [-0.1, -0.05) is 176 Å². The van der Waals surface area contributed by atoms with Gasteiger partial charge in [-0.05, 0) is 75.2 Å². The van der Waals surface area contributed by atoms with Crippen LogP contribution in [0.4, 0.5) is 0 Å². The van der Waals surface area contributed by atoms with E-state index in [-0.39, 0.29) is 0 Å². The van der Waals surface area contributed by atoms with E-state index >= 15 is 0 Å². The molecule has 1 aliphatic carbocycles. The minimum atomic E-state index is -0.455. The molecule has 0 bridgehead atoms. The number of para-hydroxylation sites is 1. The van der Waals surface area contributed by atoms with Gasteiger partial charge in [0.15, 0.2) is 5.82 Å². The first kappa shape index (κ1) is 33.0. The SMILES string of the molecule is c1ccc(-c2cc(-c3cccc(-c4nc5ccccc5c5cc6c(cc45)Sc4ccccc4C64c5ccccc5-c5ccccc54)c3)nc(-c3ccccc3)n2)cc1. The van der Waals surface area contributed by atoms with Gasteiger partial charge < -0.3 is 0 Å². The van der Waals surface area contributed by atoms with E-state index in [0.717, 1.165) is 55.6 Å². The smallest absolute Gasteiger partial charge is 0.160 e. The lowest BCUT2D eigenvalue weighted by Gasteiger charge is -2.40. The number of hydrogen-bond donors (Lipinski definition) is 0. The molecule has 2 aromatic heterocycles. The van der Waals surface area contributed by atoms with Gasteiger partial charge in [-0.2, -0.15) is 0 Å². The standard InChI is InChI=1S/C54H33N3S/c1-3-16-34(17-4-1)48-33-49(57-53(56-48)35-18-5-2-6-19-35)36-20-15-21-37(30-36)52-42-32-51-46(31-41(42)40-24-9-13-28-47(40)55-52)54(45-27-12-14-29-50(45)58-51)43-25-10-7-22-38(43)39-23-8-11-26-44(39)54/h1-33H. The van der Waals surface area contributed by atoms with E-state index in [0.29, 0.717) is 5.82 Å². The molecule has 2 aliphatic rings. The minimum Gasteiger partial charge on any atom is -0.247 e. The zero-order chi connectivity index (χ0) is 38.2. The highest BCUT2D eigenvalue weighted by Gasteiger charge is 2.50. The van der Waals surface area contributed by atoms with Crippen molar-refractivity contribution in [2.24, 2.45) is 0 Å². The molecule has 0 fully saturated rings. The maximum atomic E-state index is 5.45. The summed E-state index contributed by atoms with van der Waals surface area (Å²) in [7, 11) is 0. The van der Waals surface area contributed by atoms with E-state index in [1.807, 2.05) is 36.0 Å². The van der Waals surface area contributed by atoms with Crippen LogP contribution in [-0.2, 0) is 5.41 Å². The van der Waals surface area contributed by atoms with Gasteiger partial charge in [-0.3, -0.25) is 0 Å². The van der Waals surface area contributed by atoms with Crippen LogP contribution in [0.3, 0.4) is 0 Å². The highest BCUT2D eigenvalue weighted by molar-refractivity contribution is 7.99. The highest BCUT2D eigenvalue weighted by atomic mass is 32.2. The zero-order valence-corrected chi connectivity index (χ0v) is 32.1. The normalized spacial score (nSPS) is 13.2. The van der Waals surface area contributed by atoms with Crippen molar-refractivity contribution in [2.45, 2.75) is 15.2 Å². The topological polar surface area (TPSA) is 38.7 Å². The van der Waals surface area contributed by atoms with E-state index in [4.69, 9.17) is 15.0 Å². The monoisotopic (exact) mass is 755 g/mol. The summed E-state index contributed by atoms with van der Waals surface area (Å²) in [6.45, 7) is 0. The lowest BCUT2D eigenvalue weighted by atomic mass is 9.67. The first-order valence-corrected chi connectivity index (χ1v) is 20.5. The summed E-state index contributed by atoms with van der Waals surface area (Å²) in [6.07, 6.45) is 0. The van der Waals surface area contributed by atoms with Gasteiger partial charge in [0, 0.05) is 42.8 Å². The van der Waals surface area contributed by atoms with Crippen LogP contribution < -0.4 is 0 Å². The molecule has 0 saturated carbocycles. The quantitative estimate of drug-likeness (QED) is 0.168. The summed E-state index contributed by atoms with van der Waals surface area (Å²) in [6, 6.07) is 71.9. The Labute approximate surface area is 340 Å². The molecule has 3 nitrogen and oxygen atoms in total. The maximum absolute atomic E-state index is 5.45. The van der Waals surface area contributed by atoms with Crippen molar-refractivity contribution >= 4 is 33.4 Å². The molecule has 58 heavy (non-hydrogen) atoms. The van der Waals surface area contributed by atoms with Crippen molar-refractivity contribution in [2.75, 3.05) is 0 Å². The molecule has 0 saturated heterocycles. The summed E-state index contributed by atoms with van der Waals surface area (Å²) in [5.74, 6) is 0.699. The molecule has 8 aromatic carbocycles. The van der Waals surface area contributed by atoms with Crippen LogP contribution >= 0.6 is 11.8 Å². The van der Waals surface area contributed by atoms with Gasteiger partial charge >= 0.3 is 0 Å². The molecule has 12 rings (SSSR count). The van der Waals surface area contributed by atoms with Crippen molar-refractivity contribution in [1.29, 1.82) is 0 Å². The molecule has 0 atom stereocenters. The van der Waals surface area contributed by atoms with Crippen molar-refractivity contribution in [3.8, 4) is 56.3 Å². The van der Waals surface area contributed by atoms with E-state index < -0.39 is 5.41 Å². The lowest BCUT2D eigenvalue weighted by Crippen LogP contribution is -2.32. The first-order chi connectivity index (χ1) is 28.7. The fourth-order valence-electron chi connectivity index (χ4n) is 9.41. The van der Waals surface area contributed by atoms with Crippen molar-refractivity contribution in [3.63, 3.8) is 0 Å². The highest BCUT2D eigenvalue weighted by Crippen LogP contribution is 2.62. The van der Waals surface area contributed by atoms with E-state index in [9.17, 15) is 0 Å². The Hall–Kier alpha value is -7.14. The van der Waals surface area contributed by atoms with Crippen LogP contribution in [0.15, 0.2) is 210 Å². The fourth-order valence-corrected chi connectivity index (χ4v) is 10.6. The predicted octanol–water partition coefficient (Wildman–Crippen LogP) is 13.7. The minimum absolute atomic E-state index is 0.455. The van der Waals surface area contributed by atoms with Gasteiger partial charge in [-0.25, -0.2) is 15.0 Å². The van der Waals surface area contributed by atoms with Crippen LogP contribution in [-0.4, -0.2) is 15.0 Å². The van der Waals surface area contributed by atoms with Gasteiger partial charge in [0.1, 0.15) is 0 Å². The van der Waals surface area contributed by atoms with Crippen LogP contribution in [0.2, 0.25) is 0 Å². The van der Waals surface area contributed by atoms with Gasteiger partial charge in [-0.15, -0.1) is 0 Å². The Bertz CT molecular complexity index is 3160. The third-order valence-electron chi connectivity index (χ3n) is 11.9. The Morgan fingerprint density at radius 3 is 1.69 bits per heavy atom. The van der Waals surface area contributed by atoms with Crippen molar-refractivity contribution < 1.29 is 0 Å². The Morgan fingerprint density at radius 1 is 0.345 bits per heavy atom. The summed E-state index contributed by atoms with van der Waals surface area (Å²) < 4.78 is 0. The van der Waals surface area contributed by atoms with Crippen molar-refractivity contribution in [3.05, 3.63) is 222 Å². The fraction of sp³-hybridized carbons (Fsp3) is 0.0185.